The van der Waals surface area contributed by atoms with E-state index in [1.165, 1.54) is 6.08 Å². The zero-order valence-electron chi connectivity index (χ0n) is 9.80. The Morgan fingerprint density at radius 3 is 2.45 bits per heavy atom. The molecule has 0 aromatic heterocycles. The minimum atomic E-state index is -1.26. The van der Waals surface area contributed by atoms with Crippen molar-refractivity contribution >= 4 is 58.2 Å². The Bertz CT molecular complexity index is 624. The van der Waals surface area contributed by atoms with Gasteiger partial charge in [-0.15, -0.1) is 0 Å². The number of carboxylic acids is 1. The predicted octanol–water partition coefficient (Wildman–Crippen LogP) is 3.11. The van der Waals surface area contributed by atoms with Crippen LogP contribution in [0.3, 0.4) is 0 Å². The maximum Gasteiger partial charge on any atom is 0.323 e. The van der Waals surface area contributed by atoms with E-state index in [4.69, 9.17) is 28.3 Å². The van der Waals surface area contributed by atoms with Gasteiger partial charge in [0.2, 0.25) is 0 Å². The number of benzene rings is 1. The van der Waals surface area contributed by atoms with Gasteiger partial charge in [-0.05, 0) is 30.0 Å². The molecule has 0 radical (unpaired) electrons. The van der Waals surface area contributed by atoms with E-state index in [1.54, 1.807) is 18.2 Å². The lowest BCUT2D eigenvalue weighted by atomic mass is 10.2. The summed E-state index contributed by atoms with van der Waals surface area (Å²) in [5.74, 6) is -1.93. The summed E-state index contributed by atoms with van der Waals surface area (Å²) in [4.78, 5) is 34.9. The highest BCUT2D eigenvalue weighted by Gasteiger charge is 2.36. The molecule has 1 N–H and O–H groups in total. The van der Waals surface area contributed by atoms with Crippen LogP contribution in [-0.4, -0.2) is 33.7 Å². The fourth-order valence-corrected chi connectivity index (χ4v) is 2.88. The van der Waals surface area contributed by atoms with Crippen LogP contribution in [0.2, 0.25) is 10.0 Å². The largest absolute Gasteiger partial charge is 0.480 e. The third-order valence-electron chi connectivity index (χ3n) is 2.44. The normalized spacial score (nSPS) is 17.1. The molecule has 1 aromatic carbocycles. The summed E-state index contributed by atoms with van der Waals surface area (Å²) in [5, 5.41) is 8.70. The first-order valence-electron chi connectivity index (χ1n) is 5.31. The number of imide groups is 1. The van der Waals surface area contributed by atoms with E-state index >= 15 is 0 Å². The van der Waals surface area contributed by atoms with E-state index in [0.717, 1.165) is 0 Å². The lowest BCUT2D eigenvalue weighted by Gasteiger charge is -2.08. The molecule has 0 atom stereocenters. The van der Waals surface area contributed by atoms with Crippen LogP contribution in [0.15, 0.2) is 23.1 Å². The molecule has 2 rings (SSSR count). The van der Waals surface area contributed by atoms with E-state index < -0.39 is 23.7 Å². The molecule has 0 saturated carbocycles. The number of halogens is 2. The minimum absolute atomic E-state index is 0.0891. The second-order valence-electron chi connectivity index (χ2n) is 3.80. The highest BCUT2D eigenvalue weighted by Crippen LogP contribution is 2.35. The zero-order chi connectivity index (χ0) is 14.9. The molecule has 0 bridgehead atoms. The highest BCUT2D eigenvalue weighted by molar-refractivity contribution is 8.18. The molecule has 0 unspecified atom stereocenters. The van der Waals surface area contributed by atoms with Crippen LogP contribution in [0.5, 0.6) is 0 Å². The summed E-state index contributed by atoms with van der Waals surface area (Å²) in [6.45, 7) is -0.668. The lowest BCUT2D eigenvalue weighted by molar-refractivity contribution is -0.140. The van der Waals surface area contributed by atoms with Gasteiger partial charge in [0.1, 0.15) is 6.54 Å². The van der Waals surface area contributed by atoms with Crippen LogP contribution in [0, 0.1) is 0 Å². The Hall–Kier alpha value is -1.50. The first-order valence-corrected chi connectivity index (χ1v) is 6.88. The van der Waals surface area contributed by atoms with Crippen LogP contribution in [0.4, 0.5) is 4.79 Å². The average molecular weight is 332 g/mol. The minimum Gasteiger partial charge on any atom is -0.480 e. The van der Waals surface area contributed by atoms with E-state index in [0.29, 0.717) is 32.3 Å². The van der Waals surface area contributed by atoms with Crippen molar-refractivity contribution in [1.82, 2.24) is 4.90 Å². The number of nitrogens with zero attached hydrogens (tertiary/aromatic N) is 1. The molecule has 1 aromatic rings. The predicted molar refractivity (Wildman–Crippen MR) is 76.8 cm³/mol. The maximum absolute atomic E-state index is 11.9. The van der Waals surface area contributed by atoms with Gasteiger partial charge in [-0.2, -0.15) is 0 Å². The number of amides is 2. The Morgan fingerprint density at radius 2 is 1.90 bits per heavy atom. The summed E-state index contributed by atoms with van der Waals surface area (Å²) in [7, 11) is 0. The van der Waals surface area contributed by atoms with Gasteiger partial charge in [-0.25, -0.2) is 0 Å². The summed E-state index contributed by atoms with van der Waals surface area (Å²) in [5.41, 5.74) is 0.414. The molecular formula is C12H7Cl2NO4S. The van der Waals surface area contributed by atoms with Crippen molar-refractivity contribution < 1.29 is 19.5 Å². The fourth-order valence-electron chi connectivity index (χ4n) is 1.55. The summed E-state index contributed by atoms with van der Waals surface area (Å²) in [6, 6.07) is 4.85. The molecule has 0 spiro atoms. The quantitative estimate of drug-likeness (QED) is 0.861. The Labute approximate surface area is 128 Å². The van der Waals surface area contributed by atoms with Crippen LogP contribution < -0.4 is 0 Å². The molecule has 1 aliphatic rings. The number of carbonyl (C=O) groups is 3. The first kappa shape index (κ1) is 14.9. The van der Waals surface area contributed by atoms with Gasteiger partial charge in [0, 0.05) is 15.6 Å². The van der Waals surface area contributed by atoms with Gasteiger partial charge in [-0.1, -0.05) is 29.3 Å². The number of carboxylic acid groups (broad SMARTS) is 1. The molecule has 1 fully saturated rings. The molecule has 104 valence electrons. The fraction of sp³-hybridized carbons (Fsp3) is 0.0833. The van der Waals surface area contributed by atoms with Crippen molar-refractivity contribution in [1.29, 1.82) is 0 Å². The zero-order valence-corrected chi connectivity index (χ0v) is 12.1. The van der Waals surface area contributed by atoms with Gasteiger partial charge in [0.05, 0.1) is 4.91 Å². The molecule has 0 aliphatic carbocycles. The molecule has 2 amide bonds. The summed E-state index contributed by atoms with van der Waals surface area (Å²) in [6.07, 6.45) is 1.39. The van der Waals surface area contributed by atoms with Crippen LogP contribution in [-0.2, 0) is 9.59 Å². The molecule has 1 saturated heterocycles. The molecule has 20 heavy (non-hydrogen) atoms. The Balaban J connectivity index is 2.35. The summed E-state index contributed by atoms with van der Waals surface area (Å²) >= 11 is 12.6. The number of aliphatic carboxylic acids is 1. The van der Waals surface area contributed by atoms with Crippen molar-refractivity contribution in [2.75, 3.05) is 6.54 Å². The van der Waals surface area contributed by atoms with Gasteiger partial charge in [0.15, 0.2) is 0 Å². The third-order valence-corrected chi connectivity index (χ3v) is 4.01. The van der Waals surface area contributed by atoms with E-state index in [-0.39, 0.29) is 4.91 Å². The van der Waals surface area contributed by atoms with Crippen molar-refractivity contribution in [3.8, 4) is 0 Å². The molecular weight excluding hydrogens is 325 g/mol. The van der Waals surface area contributed by atoms with E-state index in [1.807, 2.05) is 0 Å². The number of thioether (sulfide) groups is 1. The van der Waals surface area contributed by atoms with Crippen molar-refractivity contribution in [2.24, 2.45) is 0 Å². The molecule has 8 heteroatoms. The van der Waals surface area contributed by atoms with Gasteiger partial charge in [0.25, 0.3) is 11.1 Å². The third kappa shape index (κ3) is 2.98. The number of hydrogen-bond donors (Lipinski definition) is 1. The Kier molecular flexibility index (Phi) is 4.37. The van der Waals surface area contributed by atoms with Gasteiger partial charge in [-0.3, -0.25) is 19.3 Å². The number of rotatable bonds is 3. The number of hydrogen-bond acceptors (Lipinski definition) is 4. The standard InChI is InChI=1S/C12H7Cl2NO4S/c13-7-2-1-3-8(14)6(7)4-9-11(18)15(5-10(16)17)12(19)20-9/h1-4H,5H2,(H,16,17)/b9-4+. The average Bonchev–Trinajstić information content (AvgIpc) is 2.61. The van der Waals surface area contributed by atoms with Crippen LogP contribution in [0.1, 0.15) is 5.56 Å². The van der Waals surface area contributed by atoms with Crippen LogP contribution >= 0.6 is 35.0 Å². The van der Waals surface area contributed by atoms with E-state index in [2.05, 4.69) is 0 Å². The first-order chi connectivity index (χ1) is 9.40. The topological polar surface area (TPSA) is 74.7 Å². The second-order valence-corrected chi connectivity index (χ2v) is 5.60. The second kappa shape index (κ2) is 5.87. The van der Waals surface area contributed by atoms with Crippen molar-refractivity contribution in [3.63, 3.8) is 0 Å². The highest BCUT2D eigenvalue weighted by atomic mass is 35.5. The molecule has 1 heterocycles. The monoisotopic (exact) mass is 331 g/mol. The lowest BCUT2D eigenvalue weighted by Crippen LogP contribution is -2.33. The smallest absolute Gasteiger partial charge is 0.323 e. The summed E-state index contributed by atoms with van der Waals surface area (Å²) < 4.78 is 0. The van der Waals surface area contributed by atoms with Crippen LogP contribution in [0.25, 0.3) is 6.08 Å². The van der Waals surface area contributed by atoms with Crippen molar-refractivity contribution in [3.05, 3.63) is 38.7 Å². The number of carbonyl (C=O) groups excluding carboxylic acids is 2. The van der Waals surface area contributed by atoms with Crippen molar-refractivity contribution in [2.45, 2.75) is 0 Å². The molecule has 1 aliphatic heterocycles. The van der Waals surface area contributed by atoms with Gasteiger partial charge < -0.3 is 5.11 Å². The molecule has 5 nitrogen and oxygen atoms in total. The van der Waals surface area contributed by atoms with E-state index in [9.17, 15) is 14.4 Å². The maximum atomic E-state index is 11.9. The van der Waals surface area contributed by atoms with Gasteiger partial charge >= 0.3 is 5.97 Å². The Morgan fingerprint density at radius 1 is 1.30 bits per heavy atom. The SMILES string of the molecule is O=C(O)CN1C(=O)S/C(=C/c2c(Cl)cccc2Cl)C1=O.